The lowest BCUT2D eigenvalue weighted by Gasteiger charge is -2.33. The summed E-state index contributed by atoms with van der Waals surface area (Å²) in [5.74, 6) is 0.727. The Bertz CT molecular complexity index is 371. The van der Waals surface area contributed by atoms with E-state index >= 15 is 0 Å². The molecular weight excluding hydrogens is 232 g/mol. The Kier molecular flexibility index (Phi) is 5.41. The minimum atomic E-state index is 0.570. The molecule has 2 heteroatoms. The molecule has 0 bridgehead atoms. The zero-order valence-electron chi connectivity index (χ0n) is 12.7. The molecule has 0 aliphatic carbocycles. The van der Waals surface area contributed by atoms with Gasteiger partial charge in [-0.15, -0.1) is 0 Å². The SMILES string of the molecule is CCc1ccc(C2C(CNC)CCCCN2C)cc1. The number of nitrogens with one attached hydrogen (secondary N) is 1. The molecule has 2 rings (SSSR count). The summed E-state index contributed by atoms with van der Waals surface area (Å²) in [5.41, 5.74) is 2.92. The molecule has 1 aromatic rings. The van der Waals surface area contributed by atoms with Gasteiger partial charge in [0, 0.05) is 6.04 Å². The Hall–Kier alpha value is -0.860. The van der Waals surface area contributed by atoms with Crippen LogP contribution in [0.5, 0.6) is 0 Å². The van der Waals surface area contributed by atoms with E-state index in [1.165, 1.54) is 36.9 Å². The van der Waals surface area contributed by atoms with E-state index < -0.39 is 0 Å². The van der Waals surface area contributed by atoms with E-state index in [2.05, 4.69) is 55.5 Å². The van der Waals surface area contributed by atoms with Gasteiger partial charge in [0.25, 0.3) is 0 Å². The predicted octanol–water partition coefficient (Wildman–Crippen LogP) is 3.24. The highest BCUT2D eigenvalue weighted by Gasteiger charge is 2.28. The molecule has 2 unspecified atom stereocenters. The van der Waals surface area contributed by atoms with Crippen molar-refractivity contribution in [3.63, 3.8) is 0 Å². The summed E-state index contributed by atoms with van der Waals surface area (Å²) in [7, 11) is 4.36. The topological polar surface area (TPSA) is 15.3 Å². The van der Waals surface area contributed by atoms with E-state index in [0.29, 0.717) is 6.04 Å². The van der Waals surface area contributed by atoms with Gasteiger partial charge in [0.2, 0.25) is 0 Å². The van der Waals surface area contributed by atoms with E-state index in [-0.39, 0.29) is 0 Å². The highest BCUT2D eigenvalue weighted by atomic mass is 15.1. The van der Waals surface area contributed by atoms with Crippen LogP contribution >= 0.6 is 0 Å². The lowest BCUT2D eigenvalue weighted by molar-refractivity contribution is 0.191. The number of benzene rings is 1. The summed E-state index contributed by atoms with van der Waals surface area (Å²) in [4.78, 5) is 2.55. The molecule has 0 saturated carbocycles. The fourth-order valence-corrected chi connectivity index (χ4v) is 3.38. The maximum absolute atomic E-state index is 3.38. The first-order valence-corrected chi connectivity index (χ1v) is 7.70. The lowest BCUT2D eigenvalue weighted by Crippen LogP contribution is -2.33. The number of aryl methyl sites for hydroxylation is 1. The van der Waals surface area contributed by atoms with Gasteiger partial charge in [-0.2, -0.15) is 0 Å². The third kappa shape index (κ3) is 3.58. The van der Waals surface area contributed by atoms with Crippen molar-refractivity contribution in [3.05, 3.63) is 35.4 Å². The summed E-state index contributed by atoms with van der Waals surface area (Å²) >= 11 is 0. The molecule has 19 heavy (non-hydrogen) atoms. The third-order valence-corrected chi connectivity index (χ3v) is 4.45. The predicted molar refractivity (Wildman–Crippen MR) is 82.5 cm³/mol. The van der Waals surface area contributed by atoms with Gasteiger partial charge in [-0.25, -0.2) is 0 Å². The van der Waals surface area contributed by atoms with Crippen LogP contribution in [0.2, 0.25) is 0 Å². The largest absolute Gasteiger partial charge is 0.319 e. The molecule has 0 amide bonds. The van der Waals surface area contributed by atoms with E-state index in [0.717, 1.165) is 18.9 Å². The molecule has 1 aliphatic rings. The summed E-state index contributed by atoms with van der Waals surface area (Å²) in [6.45, 7) is 4.56. The van der Waals surface area contributed by atoms with Crippen LogP contribution in [0.25, 0.3) is 0 Å². The quantitative estimate of drug-likeness (QED) is 0.894. The minimum absolute atomic E-state index is 0.570. The van der Waals surface area contributed by atoms with Crippen molar-refractivity contribution in [1.82, 2.24) is 10.2 Å². The van der Waals surface area contributed by atoms with Crippen molar-refractivity contribution in [2.24, 2.45) is 5.92 Å². The van der Waals surface area contributed by atoms with E-state index in [4.69, 9.17) is 0 Å². The van der Waals surface area contributed by atoms with Crippen molar-refractivity contribution in [2.45, 2.75) is 38.6 Å². The molecule has 0 aromatic heterocycles. The van der Waals surface area contributed by atoms with Crippen molar-refractivity contribution >= 4 is 0 Å². The van der Waals surface area contributed by atoms with Crippen LogP contribution < -0.4 is 5.32 Å². The molecule has 2 nitrogen and oxygen atoms in total. The van der Waals surface area contributed by atoms with E-state index in [1.54, 1.807) is 0 Å². The zero-order chi connectivity index (χ0) is 13.7. The van der Waals surface area contributed by atoms with Gasteiger partial charge >= 0.3 is 0 Å². The minimum Gasteiger partial charge on any atom is -0.319 e. The van der Waals surface area contributed by atoms with Crippen LogP contribution in [0.15, 0.2) is 24.3 Å². The van der Waals surface area contributed by atoms with Crippen LogP contribution in [0, 0.1) is 5.92 Å². The van der Waals surface area contributed by atoms with Crippen molar-refractivity contribution in [2.75, 3.05) is 27.2 Å². The first-order chi connectivity index (χ1) is 9.26. The Morgan fingerprint density at radius 2 is 1.95 bits per heavy atom. The van der Waals surface area contributed by atoms with Gasteiger partial charge in [0.1, 0.15) is 0 Å². The number of nitrogens with zero attached hydrogens (tertiary/aromatic N) is 1. The van der Waals surface area contributed by atoms with Gasteiger partial charge in [-0.05, 0) is 63.5 Å². The molecule has 1 heterocycles. The van der Waals surface area contributed by atoms with E-state index in [1.807, 2.05) is 0 Å². The first-order valence-electron chi connectivity index (χ1n) is 7.70. The third-order valence-electron chi connectivity index (χ3n) is 4.45. The zero-order valence-corrected chi connectivity index (χ0v) is 12.7. The van der Waals surface area contributed by atoms with Crippen LogP contribution in [-0.4, -0.2) is 32.1 Å². The number of hydrogen-bond donors (Lipinski definition) is 1. The average Bonchev–Trinajstić information content (AvgIpc) is 2.61. The van der Waals surface area contributed by atoms with Crippen molar-refractivity contribution in [3.8, 4) is 0 Å². The molecule has 2 atom stereocenters. The normalized spacial score (nSPS) is 25.2. The van der Waals surface area contributed by atoms with Crippen molar-refractivity contribution in [1.29, 1.82) is 0 Å². The molecule has 106 valence electrons. The molecular formula is C17H28N2. The molecule has 1 fully saturated rings. The summed E-state index contributed by atoms with van der Waals surface area (Å²) in [6, 6.07) is 9.84. The monoisotopic (exact) mass is 260 g/mol. The fourth-order valence-electron chi connectivity index (χ4n) is 3.38. The average molecular weight is 260 g/mol. The molecule has 1 aromatic carbocycles. The maximum atomic E-state index is 3.38. The molecule has 1 N–H and O–H groups in total. The summed E-state index contributed by atoms with van der Waals surface area (Å²) in [5, 5.41) is 3.38. The first kappa shape index (κ1) is 14.5. The standard InChI is InChI=1S/C17H28N2/c1-4-14-8-10-15(11-9-14)17-16(13-18-2)7-5-6-12-19(17)3/h8-11,16-18H,4-7,12-13H2,1-3H3. The number of hydrogen-bond acceptors (Lipinski definition) is 2. The molecule has 0 spiro atoms. The second kappa shape index (κ2) is 7.06. The summed E-state index contributed by atoms with van der Waals surface area (Å²) in [6.07, 6.45) is 5.16. The number of likely N-dealkylation sites (tertiary alicyclic amines) is 1. The van der Waals surface area contributed by atoms with Gasteiger partial charge in [-0.1, -0.05) is 37.6 Å². The second-order valence-corrected chi connectivity index (χ2v) is 5.83. The van der Waals surface area contributed by atoms with Crippen LogP contribution in [0.1, 0.15) is 43.4 Å². The molecule has 1 aliphatic heterocycles. The Morgan fingerprint density at radius 3 is 2.58 bits per heavy atom. The number of rotatable bonds is 4. The fraction of sp³-hybridized carbons (Fsp3) is 0.647. The Balaban J connectivity index is 2.23. The summed E-state index contributed by atoms with van der Waals surface area (Å²) < 4.78 is 0. The molecule has 0 radical (unpaired) electrons. The van der Waals surface area contributed by atoms with Gasteiger partial charge < -0.3 is 5.32 Å². The Morgan fingerprint density at radius 1 is 1.21 bits per heavy atom. The van der Waals surface area contributed by atoms with Crippen molar-refractivity contribution < 1.29 is 0 Å². The van der Waals surface area contributed by atoms with Gasteiger partial charge in [0.15, 0.2) is 0 Å². The Labute approximate surface area is 118 Å². The second-order valence-electron chi connectivity index (χ2n) is 5.83. The van der Waals surface area contributed by atoms with Crippen LogP contribution in [0.4, 0.5) is 0 Å². The smallest absolute Gasteiger partial charge is 0.0385 e. The highest BCUT2D eigenvalue weighted by molar-refractivity contribution is 5.26. The lowest BCUT2D eigenvalue weighted by atomic mass is 9.89. The van der Waals surface area contributed by atoms with Gasteiger partial charge in [0.05, 0.1) is 0 Å². The van der Waals surface area contributed by atoms with Gasteiger partial charge in [-0.3, -0.25) is 4.90 Å². The maximum Gasteiger partial charge on any atom is 0.0385 e. The molecule has 1 saturated heterocycles. The van der Waals surface area contributed by atoms with Crippen LogP contribution in [0.3, 0.4) is 0 Å². The van der Waals surface area contributed by atoms with E-state index in [9.17, 15) is 0 Å². The highest BCUT2D eigenvalue weighted by Crippen LogP contribution is 2.33. The van der Waals surface area contributed by atoms with Crippen LogP contribution in [-0.2, 0) is 6.42 Å².